The van der Waals surface area contributed by atoms with Gasteiger partial charge in [-0.2, -0.15) is 0 Å². The lowest BCUT2D eigenvalue weighted by atomic mass is 9.79. The summed E-state index contributed by atoms with van der Waals surface area (Å²) in [5.74, 6) is 1.37. The van der Waals surface area contributed by atoms with Crippen molar-refractivity contribution in [2.45, 2.75) is 39.0 Å². The van der Waals surface area contributed by atoms with Gasteiger partial charge in [-0.05, 0) is 56.2 Å². The Hall–Kier alpha value is -0.340. The molecule has 1 aliphatic carbocycles. The average molecular weight is 209 g/mol. The van der Waals surface area contributed by atoms with Crippen LogP contribution in [0.2, 0.25) is 0 Å². The molecule has 2 rings (SSSR count). The molecule has 0 spiro atoms. The maximum Gasteiger partial charge on any atom is 0.00829 e. The van der Waals surface area contributed by atoms with Gasteiger partial charge in [0.15, 0.2) is 0 Å². The Morgan fingerprint density at radius 1 is 1.64 bits per heavy atom. The van der Waals surface area contributed by atoms with E-state index in [1.807, 2.05) is 11.3 Å². The van der Waals surface area contributed by atoms with Gasteiger partial charge in [0.1, 0.15) is 0 Å². The van der Waals surface area contributed by atoms with Crippen LogP contribution in [0.1, 0.15) is 41.0 Å². The van der Waals surface area contributed by atoms with Crippen LogP contribution in [0.25, 0.3) is 0 Å². The Labute approximate surface area is 90.3 Å². The fourth-order valence-corrected chi connectivity index (χ4v) is 3.63. The highest BCUT2D eigenvalue weighted by molar-refractivity contribution is 7.12. The molecule has 2 N–H and O–H groups in total. The summed E-state index contributed by atoms with van der Waals surface area (Å²) in [6.45, 7) is 5.32. The summed E-state index contributed by atoms with van der Waals surface area (Å²) < 4.78 is 0. The van der Waals surface area contributed by atoms with Crippen LogP contribution < -0.4 is 5.73 Å². The predicted molar refractivity (Wildman–Crippen MR) is 63.0 cm³/mol. The molecule has 2 unspecified atom stereocenters. The highest BCUT2D eigenvalue weighted by atomic mass is 32.1. The smallest absolute Gasteiger partial charge is 0.00829 e. The standard InChI is InChI=1S/C12H19NS/c1-8(7-13)10-4-3-5-12-11(10)6-9(2)14-12/h6,8,10H,3-5,7,13H2,1-2H3. The zero-order valence-corrected chi connectivity index (χ0v) is 9.86. The summed E-state index contributed by atoms with van der Waals surface area (Å²) in [6, 6.07) is 2.38. The molecular formula is C12H19NS. The molecule has 2 heteroatoms. The first-order valence-electron chi connectivity index (χ1n) is 5.51. The minimum absolute atomic E-state index is 0.642. The first-order valence-corrected chi connectivity index (χ1v) is 6.33. The Morgan fingerprint density at radius 2 is 2.43 bits per heavy atom. The van der Waals surface area contributed by atoms with Crippen molar-refractivity contribution in [1.82, 2.24) is 0 Å². The van der Waals surface area contributed by atoms with E-state index in [-0.39, 0.29) is 0 Å². The molecule has 0 fully saturated rings. The van der Waals surface area contributed by atoms with Crippen LogP contribution in [-0.4, -0.2) is 6.54 Å². The summed E-state index contributed by atoms with van der Waals surface area (Å²) in [5.41, 5.74) is 7.38. The van der Waals surface area contributed by atoms with E-state index in [0.717, 1.165) is 12.5 Å². The summed E-state index contributed by atoms with van der Waals surface area (Å²) >= 11 is 1.98. The largest absolute Gasteiger partial charge is 0.330 e. The minimum atomic E-state index is 0.642. The van der Waals surface area contributed by atoms with E-state index >= 15 is 0 Å². The molecule has 0 aromatic carbocycles. The second kappa shape index (κ2) is 4.03. The molecule has 0 bridgehead atoms. The summed E-state index contributed by atoms with van der Waals surface area (Å²) in [5, 5.41) is 0. The number of aryl methyl sites for hydroxylation is 2. The molecular weight excluding hydrogens is 190 g/mol. The molecule has 2 atom stereocenters. The highest BCUT2D eigenvalue weighted by Gasteiger charge is 2.25. The van der Waals surface area contributed by atoms with Gasteiger partial charge in [0.25, 0.3) is 0 Å². The van der Waals surface area contributed by atoms with Crippen molar-refractivity contribution in [2.24, 2.45) is 11.7 Å². The number of hydrogen-bond acceptors (Lipinski definition) is 2. The van der Waals surface area contributed by atoms with Gasteiger partial charge in [0.2, 0.25) is 0 Å². The molecule has 0 saturated carbocycles. The third-order valence-corrected chi connectivity index (χ3v) is 4.47. The number of nitrogens with two attached hydrogens (primary N) is 1. The normalized spacial score (nSPS) is 23.2. The van der Waals surface area contributed by atoms with Gasteiger partial charge in [-0.1, -0.05) is 6.92 Å². The van der Waals surface area contributed by atoms with E-state index in [9.17, 15) is 0 Å². The molecule has 0 aliphatic heterocycles. The monoisotopic (exact) mass is 209 g/mol. The first-order chi connectivity index (χ1) is 6.72. The van der Waals surface area contributed by atoms with Crippen molar-refractivity contribution < 1.29 is 0 Å². The van der Waals surface area contributed by atoms with E-state index in [2.05, 4.69) is 19.9 Å². The van der Waals surface area contributed by atoms with Crippen LogP contribution >= 0.6 is 11.3 Å². The molecule has 0 amide bonds. The number of hydrogen-bond donors (Lipinski definition) is 1. The second-order valence-electron chi connectivity index (χ2n) is 4.45. The lowest BCUT2D eigenvalue weighted by Gasteiger charge is -2.27. The molecule has 1 aliphatic rings. The van der Waals surface area contributed by atoms with E-state index < -0.39 is 0 Å². The van der Waals surface area contributed by atoms with E-state index in [1.54, 1.807) is 10.4 Å². The van der Waals surface area contributed by atoms with Crippen LogP contribution in [0.5, 0.6) is 0 Å². The SMILES string of the molecule is Cc1cc2c(s1)CCCC2C(C)CN. The van der Waals surface area contributed by atoms with Crippen LogP contribution in [0, 0.1) is 12.8 Å². The van der Waals surface area contributed by atoms with Crippen LogP contribution in [-0.2, 0) is 6.42 Å². The maximum atomic E-state index is 5.77. The topological polar surface area (TPSA) is 26.0 Å². The van der Waals surface area contributed by atoms with Crippen molar-refractivity contribution in [2.75, 3.05) is 6.54 Å². The zero-order chi connectivity index (χ0) is 10.1. The fourth-order valence-electron chi connectivity index (χ4n) is 2.48. The number of rotatable bonds is 2. The molecule has 1 nitrogen and oxygen atoms in total. The predicted octanol–water partition coefficient (Wildman–Crippen LogP) is 3.07. The van der Waals surface area contributed by atoms with Crippen molar-refractivity contribution in [1.29, 1.82) is 0 Å². The second-order valence-corrected chi connectivity index (χ2v) is 5.79. The van der Waals surface area contributed by atoms with Gasteiger partial charge in [-0.25, -0.2) is 0 Å². The molecule has 14 heavy (non-hydrogen) atoms. The maximum absolute atomic E-state index is 5.77. The van der Waals surface area contributed by atoms with Gasteiger partial charge in [0.05, 0.1) is 0 Å². The molecule has 0 radical (unpaired) electrons. The summed E-state index contributed by atoms with van der Waals surface area (Å²) in [7, 11) is 0. The first kappa shape index (κ1) is 10.2. The van der Waals surface area contributed by atoms with Crippen molar-refractivity contribution in [3.8, 4) is 0 Å². The Balaban J connectivity index is 2.30. The quantitative estimate of drug-likeness (QED) is 0.796. The summed E-state index contributed by atoms with van der Waals surface area (Å²) in [6.07, 6.45) is 3.98. The van der Waals surface area contributed by atoms with Crippen molar-refractivity contribution in [3.05, 3.63) is 21.4 Å². The van der Waals surface area contributed by atoms with Gasteiger partial charge >= 0.3 is 0 Å². The van der Waals surface area contributed by atoms with Crippen molar-refractivity contribution in [3.63, 3.8) is 0 Å². The van der Waals surface area contributed by atoms with E-state index in [0.29, 0.717) is 5.92 Å². The lowest BCUT2D eigenvalue weighted by molar-refractivity contribution is 0.416. The van der Waals surface area contributed by atoms with Crippen LogP contribution in [0.3, 0.4) is 0 Å². The lowest BCUT2D eigenvalue weighted by Crippen LogP contribution is -2.21. The molecule has 1 aromatic rings. The van der Waals surface area contributed by atoms with E-state index in [1.165, 1.54) is 24.1 Å². The molecule has 78 valence electrons. The Morgan fingerprint density at radius 3 is 3.14 bits per heavy atom. The third-order valence-electron chi connectivity index (χ3n) is 3.34. The minimum Gasteiger partial charge on any atom is -0.330 e. The fraction of sp³-hybridized carbons (Fsp3) is 0.667. The molecule has 0 saturated heterocycles. The van der Waals surface area contributed by atoms with E-state index in [4.69, 9.17) is 5.73 Å². The average Bonchev–Trinajstić information content (AvgIpc) is 2.56. The van der Waals surface area contributed by atoms with Crippen molar-refractivity contribution >= 4 is 11.3 Å². The highest BCUT2D eigenvalue weighted by Crippen LogP contribution is 2.40. The number of thiophene rings is 1. The molecule has 1 aromatic heterocycles. The molecule has 1 heterocycles. The van der Waals surface area contributed by atoms with Gasteiger partial charge in [-0.3, -0.25) is 0 Å². The van der Waals surface area contributed by atoms with Gasteiger partial charge < -0.3 is 5.73 Å². The van der Waals surface area contributed by atoms with Crippen LogP contribution in [0.15, 0.2) is 6.07 Å². The Bertz CT molecular complexity index is 316. The third kappa shape index (κ3) is 1.73. The van der Waals surface area contributed by atoms with Gasteiger partial charge in [0, 0.05) is 9.75 Å². The Kier molecular flexibility index (Phi) is 2.93. The zero-order valence-electron chi connectivity index (χ0n) is 9.05. The number of fused-ring (bicyclic) bond motifs is 1. The summed E-state index contributed by atoms with van der Waals surface area (Å²) in [4.78, 5) is 3.09. The van der Waals surface area contributed by atoms with Gasteiger partial charge in [-0.15, -0.1) is 11.3 Å². The van der Waals surface area contributed by atoms with Crippen LogP contribution in [0.4, 0.5) is 0 Å².